The molecule has 1 aromatic heterocycles. The van der Waals surface area contributed by atoms with Gasteiger partial charge in [-0.25, -0.2) is 9.79 Å². The van der Waals surface area contributed by atoms with Crippen LogP contribution >= 0.6 is 11.3 Å². The molecule has 206 valence electrons. The molecule has 39 heavy (non-hydrogen) atoms. The quantitative estimate of drug-likeness (QED) is 0.260. The van der Waals surface area contributed by atoms with Gasteiger partial charge in [-0.1, -0.05) is 48.9 Å². The van der Waals surface area contributed by atoms with Crippen molar-refractivity contribution in [2.24, 2.45) is 4.99 Å². The predicted molar refractivity (Wildman–Crippen MR) is 151 cm³/mol. The Kier molecular flexibility index (Phi) is 9.24. The van der Waals surface area contributed by atoms with Gasteiger partial charge in [-0.2, -0.15) is 0 Å². The van der Waals surface area contributed by atoms with Crippen molar-refractivity contribution in [2.75, 3.05) is 26.9 Å². The summed E-state index contributed by atoms with van der Waals surface area (Å²) in [6, 6.07) is 12.3. The van der Waals surface area contributed by atoms with Crippen molar-refractivity contribution < 1.29 is 23.7 Å². The van der Waals surface area contributed by atoms with E-state index in [1.807, 2.05) is 49.4 Å². The Bertz CT molecular complexity index is 1550. The van der Waals surface area contributed by atoms with Gasteiger partial charge in [-0.3, -0.25) is 9.36 Å². The molecule has 0 unspecified atom stereocenters. The number of carbonyl (C=O) groups excluding carboxylic acids is 1. The third-order valence-electron chi connectivity index (χ3n) is 6.27. The fourth-order valence-corrected chi connectivity index (χ4v) is 5.50. The second-order valence-corrected chi connectivity index (χ2v) is 9.89. The van der Waals surface area contributed by atoms with Gasteiger partial charge >= 0.3 is 5.97 Å². The second-order valence-electron chi connectivity index (χ2n) is 8.89. The van der Waals surface area contributed by atoms with E-state index in [1.165, 1.54) is 11.3 Å². The number of benzene rings is 2. The monoisotopic (exact) mass is 550 g/mol. The summed E-state index contributed by atoms with van der Waals surface area (Å²) in [7, 11) is 1.59. The zero-order valence-electron chi connectivity index (χ0n) is 23.0. The number of fused-ring (bicyclic) bond motifs is 1. The van der Waals surface area contributed by atoms with Gasteiger partial charge in [-0.05, 0) is 57.0 Å². The lowest BCUT2D eigenvalue weighted by Gasteiger charge is -2.26. The predicted octanol–water partition coefficient (Wildman–Crippen LogP) is 4.38. The van der Waals surface area contributed by atoms with Gasteiger partial charge in [0.1, 0.15) is 11.8 Å². The van der Waals surface area contributed by atoms with Crippen LogP contribution in [0.25, 0.3) is 6.08 Å². The highest BCUT2D eigenvalue weighted by atomic mass is 32.1. The Morgan fingerprint density at radius 3 is 2.56 bits per heavy atom. The number of ether oxygens (including phenoxy) is 4. The molecule has 2 heterocycles. The number of hydrogen-bond donors (Lipinski definition) is 0. The largest absolute Gasteiger partial charge is 0.494 e. The van der Waals surface area contributed by atoms with E-state index in [1.54, 1.807) is 31.6 Å². The number of rotatable bonds is 11. The molecule has 0 spiro atoms. The summed E-state index contributed by atoms with van der Waals surface area (Å²) in [5.41, 5.74) is 2.05. The normalized spacial score (nSPS) is 15.0. The van der Waals surface area contributed by atoms with Gasteiger partial charge in [0.2, 0.25) is 0 Å². The topological polar surface area (TPSA) is 88.4 Å². The zero-order chi connectivity index (χ0) is 27.9. The zero-order valence-corrected chi connectivity index (χ0v) is 23.8. The van der Waals surface area contributed by atoms with Crippen LogP contribution in [0.5, 0.6) is 17.2 Å². The molecule has 0 saturated carbocycles. The first-order chi connectivity index (χ1) is 18.9. The molecule has 0 aliphatic carbocycles. The molecule has 4 rings (SSSR count). The third-order valence-corrected chi connectivity index (χ3v) is 7.25. The number of carbonyl (C=O) groups is 1. The molecule has 0 radical (unpaired) electrons. The Balaban J connectivity index is 1.86. The number of esters is 1. The maximum Gasteiger partial charge on any atom is 0.338 e. The Morgan fingerprint density at radius 1 is 1.05 bits per heavy atom. The molecule has 0 saturated heterocycles. The number of nitrogens with zero attached hydrogens (tertiary/aromatic N) is 2. The standard InChI is InChI=1S/C30H34N2O6S/c1-6-9-16-38-23-15-14-20(17-24(23)35-5)18-25-28(33)32-27(21-12-10-11-13-22(21)36-7-2)26(29(34)37-8-3)19(4)31-30(32)39-25/h10-15,17-18,27H,6-9,16H2,1-5H3/b25-18-/t27-/m1/s1. The minimum absolute atomic E-state index is 0.208. The van der Waals surface area contributed by atoms with Gasteiger partial charge in [0.15, 0.2) is 16.3 Å². The van der Waals surface area contributed by atoms with E-state index in [4.69, 9.17) is 18.9 Å². The Labute approximate surface area is 231 Å². The van der Waals surface area contributed by atoms with E-state index in [-0.39, 0.29) is 12.2 Å². The molecule has 2 aromatic carbocycles. The van der Waals surface area contributed by atoms with Crippen molar-refractivity contribution in [2.45, 2.75) is 46.6 Å². The van der Waals surface area contributed by atoms with Crippen LogP contribution in [0.15, 0.2) is 63.5 Å². The van der Waals surface area contributed by atoms with Crippen LogP contribution in [0, 0.1) is 0 Å². The first-order valence-electron chi connectivity index (χ1n) is 13.2. The van der Waals surface area contributed by atoms with Crippen molar-refractivity contribution in [3.63, 3.8) is 0 Å². The number of aromatic nitrogens is 1. The fraction of sp³-hybridized carbons (Fsp3) is 0.367. The Morgan fingerprint density at radius 2 is 1.85 bits per heavy atom. The maximum absolute atomic E-state index is 13.9. The van der Waals surface area contributed by atoms with Gasteiger partial charge in [0, 0.05) is 5.56 Å². The average molecular weight is 551 g/mol. The van der Waals surface area contributed by atoms with E-state index >= 15 is 0 Å². The van der Waals surface area contributed by atoms with Gasteiger partial charge in [0.25, 0.3) is 5.56 Å². The van der Waals surface area contributed by atoms with Crippen molar-refractivity contribution in [1.82, 2.24) is 4.57 Å². The van der Waals surface area contributed by atoms with E-state index in [2.05, 4.69) is 11.9 Å². The van der Waals surface area contributed by atoms with Crippen molar-refractivity contribution in [1.29, 1.82) is 0 Å². The van der Waals surface area contributed by atoms with Gasteiger partial charge < -0.3 is 18.9 Å². The van der Waals surface area contributed by atoms with Gasteiger partial charge in [0.05, 0.1) is 42.7 Å². The fourth-order valence-electron chi connectivity index (χ4n) is 4.45. The summed E-state index contributed by atoms with van der Waals surface area (Å²) < 4.78 is 24.7. The number of thiazole rings is 1. The molecule has 0 fully saturated rings. The van der Waals surface area contributed by atoms with E-state index in [0.717, 1.165) is 18.4 Å². The number of hydrogen-bond acceptors (Lipinski definition) is 8. The second kappa shape index (κ2) is 12.8. The lowest BCUT2D eigenvalue weighted by atomic mass is 9.95. The summed E-state index contributed by atoms with van der Waals surface area (Å²) in [6.45, 7) is 8.77. The van der Waals surface area contributed by atoms with E-state index < -0.39 is 12.0 Å². The smallest absolute Gasteiger partial charge is 0.338 e. The first-order valence-corrected chi connectivity index (χ1v) is 14.0. The van der Waals surface area contributed by atoms with Crippen LogP contribution < -0.4 is 29.1 Å². The molecule has 1 aliphatic rings. The van der Waals surface area contributed by atoms with Crippen molar-refractivity contribution in [3.8, 4) is 17.2 Å². The number of allylic oxidation sites excluding steroid dienone is 1. The third kappa shape index (κ3) is 5.93. The molecular weight excluding hydrogens is 516 g/mol. The number of methoxy groups -OCH3 is 1. The maximum atomic E-state index is 13.9. The summed E-state index contributed by atoms with van der Waals surface area (Å²) >= 11 is 1.27. The van der Waals surface area contributed by atoms with Crippen LogP contribution in [0.4, 0.5) is 0 Å². The molecule has 3 aromatic rings. The highest BCUT2D eigenvalue weighted by Crippen LogP contribution is 2.36. The molecule has 1 atom stereocenters. The lowest BCUT2D eigenvalue weighted by molar-refractivity contribution is -0.139. The molecule has 1 aliphatic heterocycles. The first kappa shape index (κ1) is 28.2. The van der Waals surface area contributed by atoms with E-state index in [0.29, 0.717) is 56.6 Å². The highest BCUT2D eigenvalue weighted by Gasteiger charge is 2.35. The van der Waals surface area contributed by atoms with Crippen LogP contribution in [0.1, 0.15) is 57.7 Å². The van der Waals surface area contributed by atoms with Crippen molar-refractivity contribution >= 4 is 23.4 Å². The summed E-state index contributed by atoms with van der Waals surface area (Å²) in [5.74, 6) is 1.34. The van der Waals surface area contributed by atoms with Crippen LogP contribution in [0.2, 0.25) is 0 Å². The highest BCUT2D eigenvalue weighted by molar-refractivity contribution is 7.07. The molecular formula is C30H34N2O6S. The molecule has 9 heteroatoms. The van der Waals surface area contributed by atoms with Crippen molar-refractivity contribution in [3.05, 3.63) is 84.5 Å². The summed E-state index contributed by atoms with van der Waals surface area (Å²) in [5, 5.41) is 0. The molecule has 8 nitrogen and oxygen atoms in total. The number of unbranched alkanes of at least 4 members (excludes halogenated alkanes) is 1. The Hall–Kier alpha value is -3.85. The van der Waals surface area contributed by atoms with E-state index in [9.17, 15) is 9.59 Å². The average Bonchev–Trinajstić information content (AvgIpc) is 3.23. The lowest BCUT2D eigenvalue weighted by Crippen LogP contribution is -2.40. The van der Waals surface area contributed by atoms with Crippen LogP contribution in [-0.2, 0) is 9.53 Å². The summed E-state index contributed by atoms with van der Waals surface area (Å²) in [6.07, 6.45) is 3.79. The minimum Gasteiger partial charge on any atom is -0.494 e. The molecule has 0 N–H and O–H groups in total. The summed E-state index contributed by atoms with van der Waals surface area (Å²) in [4.78, 5) is 32.2. The SMILES string of the molecule is CCCCOc1ccc(/C=c2\sc3n(c2=O)[C@H](c2ccccc2OCC)C(C(=O)OCC)=C(C)N=3)cc1OC. The van der Waals surface area contributed by atoms with Crippen LogP contribution in [-0.4, -0.2) is 37.5 Å². The molecule has 0 amide bonds. The molecule has 0 bridgehead atoms. The van der Waals surface area contributed by atoms with Gasteiger partial charge in [-0.15, -0.1) is 0 Å². The van der Waals surface area contributed by atoms with Crippen LogP contribution in [0.3, 0.4) is 0 Å². The minimum atomic E-state index is -0.742. The number of para-hydroxylation sites is 1.